The van der Waals surface area contributed by atoms with Crippen LogP contribution in [-0.4, -0.2) is 23.0 Å². The molecule has 2 unspecified atom stereocenters. The Bertz CT molecular complexity index is 587. The molecule has 2 atom stereocenters. The van der Waals surface area contributed by atoms with Crippen molar-refractivity contribution < 1.29 is 4.79 Å². The Balaban J connectivity index is 1.65. The normalized spacial score (nSPS) is 17.9. The van der Waals surface area contributed by atoms with Gasteiger partial charge in [-0.15, -0.1) is 11.3 Å². The summed E-state index contributed by atoms with van der Waals surface area (Å²) in [5.41, 5.74) is 1.02. The summed E-state index contributed by atoms with van der Waals surface area (Å²) in [4.78, 5) is 16.6. The number of carbonyl (C=O) groups is 1. The molecule has 20 heavy (non-hydrogen) atoms. The topological polar surface area (TPSA) is 54.0 Å². The molecule has 0 spiro atoms. The molecule has 1 aliphatic rings. The number of carbonyl (C=O) groups excluding carboxylic acids is 1. The third-order valence-corrected chi connectivity index (χ3v) is 4.72. The van der Waals surface area contributed by atoms with E-state index < -0.39 is 0 Å². The summed E-state index contributed by atoms with van der Waals surface area (Å²) in [6.07, 6.45) is 2.23. The molecular formula is C15H19N3OS. The van der Waals surface area contributed by atoms with Gasteiger partial charge in [-0.25, -0.2) is 4.98 Å². The second-order valence-electron chi connectivity index (χ2n) is 5.41. The zero-order valence-corrected chi connectivity index (χ0v) is 12.5. The monoisotopic (exact) mass is 289 g/mol. The Labute approximate surface area is 122 Å². The van der Waals surface area contributed by atoms with Gasteiger partial charge < -0.3 is 5.32 Å². The molecule has 106 valence electrons. The van der Waals surface area contributed by atoms with E-state index in [9.17, 15) is 4.79 Å². The number of rotatable bonds is 5. The Kier molecular flexibility index (Phi) is 3.72. The minimum atomic E-state index is -0.197. The largest absolute Gasteiger partial charge is 0.352 e. The molecule has 5 heteroatoms. The van der Waals surface area contributed by atoms with Crippen molar-refractivity contribution in [2.45, 2.75) is 44.8 Å². The molecule has 1 aromatic heterocycles. The average molecular weight is 289 g/mol. The molecule has 1 aliphatic carbocycles. The fourth-order valence-corrected chi connectivity index (χ4v) is 3.13. The first-order chi connectivity index (χ1) is 9.63. The van der Waals surface area contributed by atoms with Gasteiger partial charge in [0, 0.05) is 6.04 Å². The summed E-state index contributed by atoms with van der Waals surface area (Å²) >= 11 is 1.68. The number of hydrogen-bond donors (Lipinski definition) is 2. The van der Waals surface area contributed by atoms with Gasteiger partial charge in [0.05, 0.1) is 22.3 Å². The van der Waals surface area contributed by atoms with Crippen molar-refractivity contribution in [2.75, 3.05) is 0 Å². The van der Waals surface area contributed by atoms with Crippen LogP contribution in [0.4, 0.5) is 0 Å². The summed E-state index contributed by atoms with van der Waals surface area (Å²) in [5, 5.41) is 7.37. The van der Waals surface area contributed by atoms with Crippen molar-refractivity contribution in [2.24, 2.45) is 0 Å². The SMILES string of the molecule is CC(NC(C)c1nc2ccccc2s1)C(=O)NC1CC1. The molecule has 1 heterocycles. The van der Waals surface area contributed by atoms with Crippen LogP contribution in [0.5, 0.6) is 0 Å². The number of hydrogen-bond acceptors (Lipinski definition) is 4. The summed E-state index contributed by atoms with van der Waals surface area (Å²) in [5.74, 6) is 0.0838. The van der Waals surface area contributed by atoms with Crippen LogP contribution in [-0.2, 0) is 4.79 Å². The second-order valence-corrected chi connectivity index (χ2v) is 6.47. The summed E-state index contributed by atoms with van der Waals surface area (Å²) < 4.78 is 1.19. The van der Waals surface area contributed by atoms with Crippen LogP contribution >= 0.6 is 11.3 Å². The maximum atomic E-state index is 11.9. The van der Waals surface area contributed by atoms with Crippen molar-refractivity contribution in [3.63, 3.8) is 0 Å². The van der Waals surface area contributed by atoms with Gasteiger partial charge in [-0.05, 0) is 38.8 Å². The van der Waals surface area contributed by atoms with E-state index in [1.807, 2.05) is 25.1 Å². The first-order valence-corrected chi connectivity index (χ1v) is 7.87. The van der Waals surface area contributed by atoms with Crippen molar-refractivity contribution in [3.8, 4) is 0 Å². The minimum absolute atomic E-state index is 0.0763. The van der Waals surface area contributed by atoms with Crippen LogP contribution in [0.1, 0.15) is 37.7 Å². The lowest BCUT2D eigenvalue weighted by Crippen LogP contribution is -2.43. The lowest BCUT2D eigenvalue weighted by Gasteiger charge is -2.17. The van der Waals surface area contributed by atoms with Gasteiger partial charge >= 0.3 is 0 Å². The number of thiazole rings is 1. The summed E-state index contributed by atoms with van der Waals surface area (Å²) in [6, 6.07) is 8.40. The number of amides is 1. The number of fused-ring (bicyclic) bond motifs is 1. The zero-order chi connectivity index (χ0) is 14.1. The lowest BCUT2D eigenvalue weighted by molar-refractivity contribution is -0.123. The van der Waals surface area contributed by atoms with Crippen molar-refractivity contribution in [1.82, 2.24) is 15.6 Å². The maximum Gasteiger partial charge on any atom is 0.237 e. The Hall–Kier alpha value is -1.46. The number of nitrogens with zero attached hydrogens (tertiary/aromatic N) is 1. The Morgan fingerprint density at radius 1 is 1.35 bits per heavy atom. The quantitative estimate of drug-likeness (QED) is 0.889. The number of nitrogens with one attached hydrogen (secondary N) is 2. The van der Waals surface area contributed by atoms with E-state index in [4.69, 9.17) is 0 Å². The number of aromatic nitrogens is 1. The van der Waals surface area contributed by atoms with Crippen LogP contribution in [0.15, 0.2) is 24.3 Å². The fourth-order valence-electron chi connectivity index (χ4n) is 2.15. The molecule has 0 saturated heterocycles. The van der Waals surface area contributed by atoms with Crippen LogP contribution < -0.4 is 10.6 Å². The van der Waals surface area contributed by atoms with E-state index in [0.29, 0.717) is 6.04 Å². The van der Waals surface area contributed by atoms with E-state index in [-0.39, 0.29) is 18.0 Å². The number of benzene rings is 1. The Morgan fingerprint density at radius 2 is 2.10 bits per heavy atom. The van der Waals surface area contributed by atoms with Crippen molar-refractivity contribution in [1.29, 1.82) is 0 Å². The van der Waals surface area contributed by atoms with Gasteiger partial charge in [0.15, 0.2) is 0 Å². The molecule has 1 saturated carbocycles. The molecule has 3 rings (SSSR count). The molecule has 2 N–H and O–H groups in total. The highest BCUT2D eigenvalue weighted by Gasteiger charge is 2.26. The van der Waals surface area contributed by atoms with Crippen LogP contribution in [0.3, 0.4) is 0 Å². The van der Waals surface area contributed by atoms with E-state index in [2.05, 4.69) is 28.6 Å². The number of para-hydroxylation sites is 1. The molecule has 4 nitrogen and oxygen atoms in total. The molecule has 1 amide bonds. The molecule has 0 radical (unpaired) electrons. The van der Waals surface area contributed by atoms with Crippen LogP contribution in [0.25, 0.3) is 10.2 Å². The zero-order valence-electron chi connectivity index (χ0n) is 11.7. The third-order valence-electron chi connectivity index (χ3n) is 3.50. The average Bonchev–Trinajstić information content (AvgIpc) is 3.13. The molecule has 1 aromatic carbocycles. The van der Waals surface area contributed by atoms with Crippen molar-refractivity contribution >= 4 is 27.5 Å². The van der Waals surface area contributed by atoms with Gasteiger partial charge in [0.1, 0.15) is 5.01 Å². The van der Waals surface area contributed by atoms with Crippen molar-refractivity contribution in [3.05, 3.63) is 29.3 Å². The second kappa shape index (κ2) is 5.50. The lowest BCUT2D eigenvalue weighted by atomic mass is 10.2. The van der Waals surface area contributed by atoms with Gasteiger partial charge in [0.25, 0.3) is 0 Å². The Morgan fingerprint density at radius 3 is 2.80 bits per heavy atom. The standard InChI is InChI=1S/C15H19N3OS/c1-9(14(19)17-11-7-8-11)16-10(2)15-18-12-5-3-4-6-13(12)20-15/h3-6,9-11,16H,7-8H2,1-2H3,(H,17,19). The van der Waals surface area contributed by atoms with E-state index >= 15 is 0 Å². The maximum absolute atomic E-state index is 11.9. The van der Waals surface area contributed by atoms with E-state index in [1.165, 1.54) is 4.70 Å². The van der Waals surface area contributed by atoms with Gasteiger partial charge in [-0.3, -0.25) is 10.1 Å². The minimum Gasteiger partial charge on any atom is -0.352 e. The van der Waals surface area contributed by atoms with Gasteiger partial charge in [0.2, 0.25) is 5.91 Å². The summed E-state index contributed by atoms with van der Waals surface area (Å²) in [6.45, 7) is 3.96. The van der Waals surface area contributed by atoms with Crippen LogP contribution in [0, 0.1) is 0 Å². The predicted octanol–water partition coefficient (Wildman–Crippen LogP) is 2.61. The first kappa shape index (κ1) is 13.5. The third kappa shape index (κ3) is 2.99. The van der Waals surface area contributed by atoms with Gasteiger partial charge in [-0.2, -0.15) is 0 Å². The predicted molar refractivity (Wildman–Crippen MR) is 81.8 cm³/mol. The molecule has 2 aromatic rings. The molecular weight excluding hydrogens is 270 g/mol. The molecule has 0 bridgehead atoms. The van der Waals surface area contributed by atoms with Crippen LogP contribution in [0.2, 0.25) is 0 Å². The first-order valence-electron chi connectivity index (χ1n) is 7.05. The smallest absolute Gasteiger partial charge is 0.237 e. The highest BCUT2D eigenvalue weighted by atomic mass is 32.1. The summed E-state index contributed by atoms with van der Waals surface area (Å²) in [7, 11) is 0. The van der Waals surface area contributed by atoms with Gasteiger partial charge in [-0.1, -0.05) is 12.1 Å². The highest BCUT2D eigenvalue weighted by molar-refractivity contribution is 7.18. The highest BCUT2D eigenvalue weighted by Crippen LogP contribution is 2.26. The molecule has 1 fully saturated rings. The van der Waals surface area contributed by atoms with E-state index in [1.54, 1.807) is 11.3 Å². The fraction of sp³-hybridized carbons (Fsp3) is 0.467. The molecule has 0 aliphatic heterocycles. The van der Waals surface area contributed by atoms with E-state index in [0.717, 1.165) is 23.4 Å².